The van der Waals surface area contributed by atoms with Gasteiger partial charge in [-0.05, 0) is 36.8 Å². The lowest BCUT2D eigenvalue weighted by atomic mass is 10.0. The van der Waals surface area contributed by atoms with E-state index in [0.29, 0.717) is 30.3 Å². The summed E-state index contributed by atoms with van der Waals surface area (Å²) in [7, 11) is 1.61. The zero-order chi connectivity index (χ0) is 24.7. The molecule has 1 aliphatic heterocycles. The zero-order valence-corrected chi connectivity index (χ0v) is 20.8. The van der Waals surface area contributed by atoms with Crippen LogP contribution in [0.3, 0.4) is 0 Å². The Hall–Kier alpha value is -3.01. The van der Waals surface area contributed by atoms with Gasteiger partial charge in [-0.3, -0.25) is 14.3 Å². The van der Waals surface area contributed by atoms with E-state index >= 15 is 0 Å². The fraction of sp³-hybridized carbons (Fsp3) is 0.320. The minimum absolute atomic E-state index is 0.149. The summed E-state index contributed by atoms with van der Waals surface area (Å²) in [4.78, 5) is 30.1. The number of nitrogens with zero attached hydrogens (tertiary/aromatic N) is 3. The predicted molar refractivity (Wildman–Crippen MR) is 137 cm³/mol. The molecule has 0 amide bonds. The first-order chi connectivity index (χ1) is 16.8. The monoisotopic (exact) mass is 514 g/mol. The quantitative estimate of drug-likeness (QED) is 0.437. The molecule has 1 N–H and O–H groups in total. The second kappa shape index (κ2) is 9.56. The average Bonchev–Trinajstić information content (AvgIpc) is 3.24. The summed E-state index contributed by atoms with van der Waals surface area (Å²) in [5.41, 5.74) is 2.54. The van der Waals surface area contributed by atoms with Crippen molar-refractivity contribution in [1.82, 2.24) is 19.4 Å². The highest BCUT2D eigenvalue weighted by atomic mass is 35.5. The molecule has 1 aromatic carbocycles. The number of aryl methyl sites for hydroxylation is 2. The number of fused-ring (bicyclic) bond motifs is 1. The van der Waals surface area contributed by atoms with E-state index < -0.39 is 6.17 Å². The van der Waals surface area contributed by atoms with Crippen molar-refractivity contribution in [2.24, 2.45) is 7.05 Å². The van der Waals surface area contributed by atoms with Gasteiger partial charge in [0.2, 0.25) is 0 Å². The first-order valence-corrected chi connectivity index (χ1v) is 12.5. The van der Waals surface area contributed by atoms with E-state index in [9.17, 15) is 14.0 Å². The average molecular weight is 515 g/mol. The molecule has 35 heavy (non-hydrogen) atoms. The van der Waals surface area contributed by atoms with Gasteiger partial charge in [0, 0.05) is 66.0 Å². The molecule has 1 fully saturated rings. The first kappa shape index (κ1) is 23.7. The van der Waals surface area contributed by atoms with Crippen molar-refractivity contribution >= 4 is 33.2 Å². The molecule has 0 unspecified atom stereocenters. The number of halogens is 2. The highest BCUT2D eigenvalue weighted by molar-refractivity contribution is 7.19. The van der Waals surface area contributed by atoms with Crippen LogP contribution < -0.4 is 21.3 Å². The van der Waals surface area contributed by atoms with E-state index in [-0.39, 0.29) is 23.9 Å². The lowest BCUT2D eigenvalue weighted by Crippen LogP contribution is -2.43. The van der Waals surface area contributed by atoms with Crippen molar-refractivity contribution < 1.29 is 9.13 Å². The van der Waals surface area contributed by atoms with Crippen molar-refractivity contribution in [1.29, 1.82) is 0 Å². The smallest absolute Gasteiger partial charge is 0.331 e. The molecule has 4 heterocycles. The minimum Gasteiger partial charge on any atom is -0.488 e. The molecule has 1 aliphatic rings. The largest absolute Gasteiger partial charge is 0.488 e. The summed E-state index contributed by atoms with van der Waals surface area (Å²) in [6.07, 6.45) is 2.24. The molecule has 182 valence electrons. The van der Waals surface area contributed by atoms with Crippen LogP contribution in [0, 0.1) is 6.92 Å². The number of pyridine rings is 1. The number of ether oxygens (including phenoxy) is 1. The van der Waals surface area contributed by atoms with E-state index in [1.54, 1.807) is 13.2 Å². The van der Waals surface area contributed by atoms with Crippen LogP contribution in [0.4, 0.5) is 4.39 Å². The molecule has 5 rings (SSSR count). The Balaban J connectivity index is 1.58. The van der Waals surface area contributed by atoms with Crippen LogP contribution in [0.5, 0.6) is 5.75 Å². The molecule has 3 aromatic heterocycles. The van der Waals surface area contributed by atoms with Gasteiger partial charge >= 0.3 is 5.69 Å². The number of aromatic nitrogens is 3. The number of hydrogen-bond acceptors (Lipinski definition) is 6. The van der Waals surface area contributed by atoms with Crippen molar-refractivity contribution in [3.05, 3.63) is 79.0 Å². The summed E-state index contributed by atoms with van der Waals surface area (Å²) in [5, 5.41) is 3.64. The van der Waals surface area contributed by atoms with E-state index in [1.807, 2.05) is 31.2 Å². The molecule has 0 spiro atoms. The third-order valence-corrected chi connectivity index (χ3v) is 7.45. The first-order valence-electron chi connectivity index (χ1n) is 11.3. The molecule has 7 nitrogen and oxygen atoms in total. The van der Waals surface area contributed by atoms with Crippen molar-refractivity contribution in [3.63, 3.8) is 0 Å². The van der Waals surface area contributed by atoms with Gasteiger partial charge in [0.15, 0.2) is 0 Å². The number of nitrogens with one attached hydrogen (secondary N) is 1. The fourth-order valence-electron chi connectivity index (χ4n) is 4.39. The van der Waals surface area contributed by atoms with Crippen LogP contribution in [0.15, 0.2) is 52.3 Å². The van der Waals surface area contributed by atoms with Crippen molar-refractivity contribution in [3.8, 4) is 16.9 Å². The number of thiophene rings is 1. The lowest BCUT2D eigenvalue weighted by molar-refractivity contribution is 0.116. The lowest BCUT2D eigenvalue weighted by Gasteiger charge is -2.28. The highest BCUT2D eigenvalue weighted by Crippen LogP contribution is 2.42. The Morgan fingerprint density at radius 1 is 1.23 bits per heavy atom. The summed E-state index contributed by atoms with van der Waals surface area (Å²) >= 11 is 7.90. The number of rotatable bonds is 5. The minimum atomic E-state index is -0.952. The Labute approximate surface area is 209 Å². The van der Waals surface area contributed by atoms with Crippen LogP contribution >= 0.6 is 22.9 Å². The molecule has 0 bridgehead atoms. The molecule has 0 radical (unpaired) electrons. The second-order valence-electron chi connectivity index (χ2n) is 8.75. The Kier molecular flexibility index (Phi) is 6.48. The summed E-state index contributed by atoms with van der Waals surface area (Å²) in [5.74, 6) is 0.658. The SMILES string of the molecule is Cc1cc(Cl)cc(-c2ccnc3cc(Cn4c(=O)ccn(C)c4=O)sc23)c1O[C@@H]1CNC[C@@H](F)C1. The standard InChI is InChI=1S/C25H24ClFN4O3S/c1-14-7-15(26)8-20(23(14)34-17-9-16(27)11-28-12-17)19-3-5-29-21-10-18(35-24(19)21)13-31-22(32)4-6-30(2)25(31)33/h3-8,10,16-17,28H,9,11-13H2,1-2H3/t16-,17-/m0/s1. The molecule has 1 saturated heterocycles. The van der Waals surface area contributed by atoms with Crippen LogP contribution in [0.1, 0.15) is 16.9 Å². The molecule has 0 aliphatic carbocycles. The summed E-state index contributed by atoms with van der Waals surface area (Å²) < 4.78 is 23.8. The second-order valence-corrected chi connectivity index (χ2v) is 10.3. The van der Waals surface area contributed by atoms with E-state index in [2.05, 4.69) is 10.3 Å². The van der Waals surface area contributed by atoms with Crippen molar-refractivity contribution in [2.45, 2.75) is 32.2 Å². The van der Waals surface area contributed by atoms with Crippen LogP contribution in [-0.4, -0.2) is 39.5 Å². The Bertz CT molecular complexity index is 1530. The maximum atomic E-state index is 14.0. The number of alkyl halides is 1. The van der Waals surface area contributed by atoms with Gasteiger partial charge in [-0.2, -0.15) is 0 Å². The number of benzene rings is 1. The van der Waals surface area contributed by atoms with Gasteiger partial charge < -0.3 is 14.6 Å². The molecule has 0 saturated carbocycles. The topological polar surface area (TPSA) is 78.2 Å². The van der Waals surface area contributed by atoms with Gasteiger partial charge in [-0.1, -0.05) is 11.6 Å². The Morgan fingerprint density at radius 2 is 2.06 bits per heavy atom. The molecular formula is C25H24ClFN4O3S. The maximum Gasteiger partial charge on any atom is 0.331 e. The van der Waals surface area contributed by atoms with Gasteiger partial charge in [-0.25, -0.2) is 9.18 Å². The van der Waals surface area contributed by atoms with Crippen molar-refractivity contribution in [2.75, 3.05) is 13.1 Å². The van der Waals surface area contributed by atoms with Crippen LogP contribution in [0.25, 0.3) is 21.3 Å². The van der Waals surface area contributed by atoms with E-state index in [1.165, 1.54) is 32.7 Å². The summed E-state index contributed by atoms with van der Waals surface area (Å²) in [6.45, 7) is 2.97. The number of hydrogen-bond donors (Lipinski definition) is 1. The third kappa shape index (κ3) is 4.76. The molecule has 2 atom stereocenters. The maximum absolute atomic E-state index is 14.0. The summed E-state index contributed by atoms with van der Waals surface area (Å²) in [6, 6.07) is 8.83. The van der Waals surface area contributed by atoms with Gasteiger partial charge in [0.25, 0.3) is 5.56 Å². The van der Waals surface area contributed by atoms with E-state index in [0.717, 1.165) is 31.8 Å². The molecule has 10 heteroatoms. The zero-order valence-electron chi connectivity index (χ0n) is 19.3. The Morgan fingerprint density at radius 3 is 2.86 bits per heavy atom. The fourth-order valence-corrected chi connectivity index (χ4v) is 5.79. The number of piperidine rings is 1. The molecule has 4 aromatic rings. The van der Waals surface area contributed by atoms with Gasteiger partial charge in [0.05, 0.1) is 16.8 Å². The molecular weight excluding hydrogens is 491 g/mol. The van der Waals surface area contributed by atoms with E-state index in [4.69, 9.17) is 16.3 Å². The highest BCUT2D eigenvalue weighted by Gasteiger charge is 2.25. The van der Waals surface area contributed by atoms with Crippen LogP contribution in [0.2, 0.25) is 5.02 Å². The normalized spacial score (nSPS) is 18.2. The van der Waals surface area contributed by atoms with Crippen LogP contribution in [-0.2, 0) is 13.6 Å². The third-order valence-electron chi connectivity index (χ3n) is 6.09. The van der Waals surface area contributed by atoms with Gasteiger partial charge in [0.1, 0.15) is 18.0 Å². The predicted octanol–water partition coefficient (Wildman–Crippen LogP) is 3.91. The van der Waals surface area contributed by atoms with Gasteiger partial charge in [-0.15, -0.1) is 11.3 Å².